The summed E-state index contributed by atoms with van der Waals surface area (Å²) in [5, 5.41) is 5.70. The van der Waals surface area contributed by atoms with Gasteiger partial charge in [0.05, 0.1) is 0 Å². The smallest absolute Gasteiger partial charge is 0.149 e. The van der Waals surface area contributed by atoms with E-state index in [1.165, 1.54) is 35.8 Å². The molecule has 0 bridgehead atoms. The Kier molecular flexibility index (Phi) is 5.13. The van der Waals surface area contributed by atoms with Crippen molar-refractivity contribution in [3.63, 3.8) is 0 Å². The summed E-state index contributed by atoms with van der Waals surface area (Å²) in [5.74, 6) is 2.12. The monoisotopic (exact) mass is 256 g/mol. The van der Waals surface area contributed by atoms with Crippen LogP contribution in [0.3, 0.4) is 0 Å². The molecule has 1 heterocycles. The SMILES string of the molecule is CC1CCC(NCCCSc2nccs2)C1. The summed E-state index contributed by atoms with van der Waals surface area (Å²) < 4.78 is 1.20. The van der Waals surface area contributed by atoms with E-state index in [1.807, 2.05) is 23.3 Å². The molecular formula is C12H20N2S2. The lowest BCUT2D eigenvalue weighted by atomic mass is 10.1. The largest absolute Gasteiger partial charge is 0.314 e. The van der Waals surface area contributed by atoms with Gasteiger partial charge in [-0.2, -0.15) is 0 Å². The molecule has 1 aromatic heterocycles. The summed E-state index contributed by atoms with van der Waals surface area (Å²) in [5.41, 5.74) is 0. The van der Waals surface area contributed by atoms with E-state index in [9.17, 15) is 0 Å². The zero-order chi connectivity index (χ0) is 11.2. The molecule has 1 aliphatic rings. The van der Waals surface area contributed by atoms with Crippen LogP contribution in [0, 0.1) is 5.92 Å². The third kappa shape index (κ3) is 4.07. The Morgan fingerprint density at radius 2 is 2.50 bits per heavy atom. The lowest BCUT2D eigenvalue weighted by molar-refractivity contribution is 0.503. The highest BCUT2D eigenvalue weighted by Crippen LogP contribution is 2.24. The van der Waals surface area contributed by atoms with Crippen LogP contribution in [0.1, 0.15) is 32.6 Å². The second-order valence-electron chi connectivity index (χ2n) is 4.57. The van der Waals surface area contributed by atoms with Crippen LogP contribution in [0.4, 0.5) is 0 Å². The maximum Gasteiger partial charge on any atom is 0.149 e. The average molecular weight is 256 g/mol. The lowest BCUT2D eigenvalue weighted by Gasteiger charge is -2.11. The van der Waals surface area contributed by atoms with Gasteiger partial charge in [0.25, 0.3) is 0 Å². The first-order chi connectivity index (χ1) is 7.84. The van der Waals surface area contributed by atoms with Crippen LogP contribution in [0.15, 0.2) is 15.9 Å². The Balaban J connectivity index is 1.49. The third-order valence-electron chi connectivity index (χ3n) is 3.08. The van der Waals surface area contributed by atoms with Crippen molar-refractivity contribution in [1.82, 2.24) is 10.3 Å². The summed E-state index contributed by atoms with van der Waals surface area (Å²) in [6, 6.07) is 0.792. The Bertz CT molecular complexity index is 287. The highest BCUT2D eigenvalue weighted by atomic mass is 32.2. The highest BCUT2D eigenvalue weighted by Gasteiger charge is 2.19. The minimum absolute atomic E-state index is 0.792. The Labute approximate surface area is 106 Å². The number of nitrogens with zero attached hydrogens (tertiary/aromatic N) is 1. The van der Waals surface area contributed by atoms with Crippen LogP contribution < -0.4 is 5.32 Å². The molecule has 1 aromatic rings. The quantitative estimate of drug-likeness (QED) is 0.624. The Morgan fingerprint density at radius 1 is 1.56 bits per heavy atom. The molecule has 2 nitrogen and oxygen atoms in total. The average Bonchev–Trinajstić information content (AvgIpc) is 2.89. The van der Waals surface area contributed by atoms with Gasteiger partial charge in [0.2, 0.25) is 0 Å². The topological polar surface area (TPSA) is 24.9 Å². The van der Waals surface area contributed by atoms with Crippen molar-refractivity contribution < 1.29 is 0 Å². The van der Waals surface area contributed by atoms with Crippen LogP contribution >= 0.6 is 23.1 Å². The number of hydrogen-bond donors (Lipinski definition) is 1. The molecule has 16 heavy (non-hydrogen) atoms. The van der Waals surface area contributed by atoms with Crippen molar-refractivity contribution in [2.45, 2.75) is 43.0 Å². The zero-order valence-corrected chi connectivity index (χ0v) is 11.4. The van der Waals surface area contributed by atoms with Crippen LogP contribution in [0.25, 0.3) is 0 Å². The first-order valence-electron chi connectivity index (χ1n) is 6.10. The molecule has 1 fully saturated rings. The van der Waals surface area contributed by atoms with Gasteiger partial charge < -0.3 is 5.32 Å². The predicted octanol–water partition coefficient (Wildman–Crippen LogP) is 3.40. The van der Waals surface area contributed by atoms with Gasteiger partial charge in [-0.15, -0.1) is 11.3 Å². The molecule has 1 aliphatic carbocycles. The highest BCUT2D eigenvalue weighted by molar-refractivity contribution is 8.00. The van der Waals surface area contributed by atoms with Crippen molar-refractivity contribution in [2.75, 3.05) is 12.3 Å². The summed E-state index contributed by atoms with van der Waals surface area (Å²) in [7, 11) is 0. The first kappa shape index (κ1) is 12.4. The van der Waals surface area contributed by atoms with Crippen molar-refractivity contribution in [3.8, 4) is 0 Å². The minimum Gasteiger partial charge on any atom is -0.314 e. The van der Waals surface area contributed by atoms with Gasteiger partial charge in [-0.25, -0.2) is 4.98 Å². The maximum absolute atomic E-state index is 4.26. The normalized spacial score (nSPS) is 25.1. The van der Waals surface area contributed by atoms with Gasteiger partial charge >= 0.3 is 0 Å². The van der Waals surface area contributed by atoms with E-state index in [4.69, 9.17) is 0 Å². The van der Waals surface area contributed by atoms with E-state index < -0.39 is 0 Å². The molecule has 4 heteroatoms. The molecule has 2 rings (SSSR count). The van der Waals surface area contributed by atoms with Crippen LogP contribution in [0.5, 0.6) is 0 Å². The maximum atomic E-state index is 4.26. The van der Waals surface area contributed by atoms with E-state index in [1.54, 1.807) is 11.3 Å². The van der Waals surface area contributed by atoms with Gasteiger partial charge in [-0.05, 0) is 38.1 Å². The number of aromatic nitrogens is 1. The van der Waals surface area contributed by atoms with E-state index in [0.717, 1.165) is 18.5 Å². The number of rotatable bonds is 6. The molecule has 2 unspecified atom stereocenters. The van der Waals surface area contributed by atoms with E-state index >= 15 is 0 Å². The summed E-state index contributed by atoms with van der Waals surface area (Å²) in [6.45, 7) is 3.52. The fraction of sp³-hybridized carbons (Fsp3) is 0.750. The first-order valence-corrected chi connectivity index (χ1v) is 7.97. The van der Waals surface area contributed by atoms with Gasteiger partial charge in [0, 0.05) is 23.4 Å². The van der Waals surface area contributed by atoms with Crippen molar-refractivity contribution >= 4 is 23.1 Å². The number of thiazole rings is 1. The van der Waals surface area contributed by atoms with Gasteiger partial charge in [0.15, 0.2) is 0 Å². The Morgan fingerprint density at radius 3 is 3.19 bits per heavy atom. The molecule has 0 aliphatic heterocycles. The summed E-state index contributed by atoms with van der Waals surface area (Å²) in [4.78, 5) is 4.26. The van der Waals surface area contributed by atoms with Crippen LogP contribution in [-0.4, -0.2) is 23.3 Å². The van der Waals surface area contributed by atoms with Gasteiger partial charge in [-0.1, -0.05) is 18.7 Å². The zero-order valence-electron chi connectivity index (χ0n) is 9.82. The molecular weight excluding hydrogens is 236 g/mol. The molecule has 0 saturated heterocycles. The molecule has 1 N–H and O–H groups in total. The molecule has 2 atom stereocenters. The van der Waals surface area contributed by atoms with Gasteiger partial charge in [0.1, 0.15) is 4.34 Å². The van der Waals surface area contributed by atoms with Crippen molar-refractivity contribution in [3.05, 3.63) is 11.6 Å². The van der Waals surface area contributed by atoms with Crippen molar-refractivity contribution in [1.29, 1.82) is 0 Å². The summed E-state index contributed by atoms with van der Waals surface area (Å²) >= 11 is 3.62. The predicted molar refractivity (Wildman–Crippen MR) is 72.3 cm³/mol. The summed E-state index contributed by atoms with van der Waals surface area (Å²) in [6.07, 6.45) is 7.28. The van der Waals surface area contributed by atoms with E-state index in [2.05, 4.69) is 17.2 Å². The molecule has 0 spiro atoms. The van der Waals surface area contributed by atoms with Crippen LogP contribution in [-0.2, 0) is 0 Å². The second kappa shape index (κ2) is 6.62. The molecule has 0 aromatic carbocycles. The lowest BCUT2D eigenvalue weighted by Crippen LogP contribution is -2.27. The molecule has 0 amide bonds. The van der Waals surface area contributed by atoms with Gasteiger partial charge in [-0.3, -0.25) is 0 Å². The number of thioether (sulfide) groups is 1. The Hall–Kier alpha value is -0.0600. The second-order valence-corrected chi connectivity index (χ2v) is 6.81. The van der Waals surface area contributed by atoms with Crippen LogP contribution in [0.2, 0.25) is 0 Å². The third-order valence-corrected chi connectivity index (χ3v) is 5.14. The molecule has 1 saturated carbocycles. The number of nitrogens with one attached hydrogen (secondary N) is 1. The minimum atomic E-state index is 0.792. The molecule has 0 radical (unpaired) electrons. The van der Waals surface area contributed by atoms with E-state index in [-0.39, 0.29) is 0 Å². The van der Waals surface area contributed by atoms with E-state index in [0.29, 0.717) is 0 Å². The van der Waals surface area contributed by atoms with Crippen molar-refractivity contribution in [2.24, 2.45) is 5.92 Å². The number of hydrogen-bond acceptors (Lipinski definition) is 4. The fourth-order valence-electron chi connectivity index (χ4n) is 2.21. The standard InChI is InChI=1S/C12H20N2S2/c1-10-3-4-11(9-10)13-5-2-7-15-12-14-6-8-16-12/h6,8,10-11,13H,2-5,7,9H2,1H3. The fourth-order valence-corrected chi connectivity index (χ4v) is 3.86. The molecule has 90 valence electrons.